The standard InChI is InChI=1S/C36H35N3O5/c1-39(2)31-19-28(20-32(39)35-34(31)44-35)43-36(42)38-30-17-22(9-14-29(30)24-6-4-3-5-7-24)10-15-33(41)37-27-13-12-25-16-23(21-40)8-11-26(25)18-27/h3-9,11-14,16-18,21,28,31-32,34-35H,10,15,19-20H2,1-2H3,(H-,37,38,40,41,42)/p+1/t28?,31-,32+,34-,35+. The van der Waals surface area contributed by atoms with E-state index in [1.54, 1.807) is 6.07 Å². The van der Waals surface area contributed by atoms with Gasteiger partial charge in [-0.15, -0.1) is 0 Å². The van der Waals surface area contributed by atoms with Gasteiger partial charge in [0.25, 0.3) is 0 Å². The van der Waals surface area contributed by atoms with E-state index < -0.39 is 6.09 Å². The van der Waals surface area contributed by atoms with Crippen molar-refractivity contribution in [3.05, 3.63) is 96.1 Å². The monoisotopic (exact) mass is 590 g/mol. The van der Waals surface area contributed by atoms with Gasteiger partial charge in [-0.3, -0.25) is 14.9 Å². The summed E-state index contributed by atoms with van der Waals surface area (Å²) >= 11 is 0. The number of morpholine rings is 1. The summed E-state index contributed by atoms with van der Waals surface area (Å²) in [5.41, 5.74) is 4.78. The van der Waals surface area contributed by atoms with Crippen molar-refractivity contribution in [2.75, 3.05) is 24.7 Å². The number of hydrogen-bond acceptors (Lipinski definition) is 5. The van der Waals surface area contributed by atoms with Crippen molar-refractivity contribution >= 4 is 40.4 Å². The fourth-order valence-electron chi connectivity index (χ4n) is 7.21. The lowest BCUT2D eigenvalue weighted by molar-refractivity contribution is -0.938. The van der Waals surface area contributed by atoms with E-state index in [-0.39, 0.29) is 18.4 Å². The highest BCUT2D eigenvalue weighted by molar-refractivity contribution is 5.96. The summed E-state index contributed by atoms with van der Waals surface area (Å²) in [5, 5.41) is 7.89. The summed E-state index contributed by atoms with van der Waals surface area (Å²) < 4.78 is 12.8. The Morgan fingerprint density at radius 1 is 0.886 bits per heavy atom. The summed E-state index contributed by atoms with van der Waals surface area (Å²) in [6.45, 7) is 0. The number of aldehydes is 1. The highest BCUT2D eigenvalue weighted by atomic mass is 16.6. The third kappa shape index (κ3) is 5.47. The van der Waals surface area contributed by atoms with Crippen molar-refractivity contribution < 1.29 is 28.3 Å². The minimum Gasteiger partial charge on any atom is -0.445 e. The zero-order valence-electron chi connectivity index (χ0n) is 24.9. The number of carbonyl (C=O) groups excluding carboxylic acids is 3. The predicted molar refractivity (Wildman–Crippen MR) is 170 cm³/mol. The number of nitrogens with zero attached hydrogens (tertiary/aromatic N) is 1. The van der Waals surface area contributed by atoms with Gasteiger partial charge in [0, 0.05) is 36.1 Å². The molecule has 4 aromatic rings. The molecule has 4 aromatic carbocycles. The minimum absolute atomic E-state index is 0.106. The second kappa shape index (κ2) is 11.2. The molecular formula is C36H36N3O5+. The molecule has 3 aliphatic heterocycles. The van der Waals surface area contributed by atoms with Crippen LogP contribution in [0.4, 0.5) is 16.2 Å². The second-order valence-electron chi connectivity index (χ2n) is 12.7. The molecule has 0 radical (unpaired) electrons. The molecule has 44 heavy (non-hydrogen) atoms. The Morgan fingerprint density at radius 3 is 2.36 bits per heavy atom. The molecule has 1 unspecified atom stereocenters. The van der Waals surface area contributed by atoms with Gasteiger partial charge in [0.1, 0.15) is 36.7 Å². The first-order valence-corrected chi connectivity index (χ1v) is 15.2. The molecule has 0 aromatic heterocycles. The van der Waals surface area contributed by atoms with E-state index in [1.165, 1.54) is 0 Å². The fraction of sp³-hybridized carbons (Fsp3) is 0.306. The summed E-state index contributed by atoms with van der Waals surface area (Å²) in [7, 11) is 4.51. The van der Waals surface area contributed by atoms with Crippen LogP contribution >= 0.6 is 0 Å². The van der Waals surface area contributed by atoms with Gasteiger partial charge in [0.2, 0.25) is 5.91 Å². The van der Waals surface area contributed by atoms with Crippen LogP contribution in [0.25, 0.3) is 21.9 Å². The first-order chi connectivity index (χ1) is 21.3. The Labute approximate surface area is 256 Å². The van der Waals surface area contributed by atoms with Gasteiger partial charge in [0.05, 0.1) is 19.8 Å². The number of fused-ring (bicyclic) bond motifs is 6. The molecule has 3 heterocycles. The Kier molecular flexibility index (Phi) is 7.19. The van der Waals surface area contributed by atoms with Crippen molar-refractivity contribution in [3.8, 4) is 11.1 Å². The lowest BCUT2D eigenvalue weighted by Gasteiger charge is -2.45. The largest absolute Gasteiger partial charge is 0.445 e. The maximum absolute atomic E-state index is 13.2. The average molecular weight is 591 g/mol. The van der Waals surface area contributed by atoms with Gasteiger partial charge >= 0.3 is 6.09 Å². The van der Waals surface area contributed by atoms with Gasteiger partial charge < -0.3 is 19.3 Å². The molecule has 0 spiro atoms. The molecule has 8 heteroatoms. The number of amides is 2. The van der Waals surface area contributed by atoms with Crippen molar-refractivity contribution in [1.29, 1.82) is 0 Å². The lowest BCUT2D eigenvalue weighted by atomic mass is 9.96. The lowest BCUT2D eigenvalue weighted by Crippen LogP contribution is -2.60. The fourth-order valence-corrected chi connectivity index (χ4v) is 7.21. The third-order valence-electron chi connectivity index (χ3n) is 9.64. The van der Waals surface area contributed by atoms with Crippen LogP contribution in [0.15, 0.2) is 84.9 Å². The number of hydrogen-bond donors (Lipinski definition) is 2. The van der Waals surface area contributed by atoms with Crippen LogP contribution in [0.3, 0.4) is 0 Å². The Balaban J connectivity index is 1.02. The Hall–Kier alpha value is -4.53. The Morgan fingerprint density at radius 2 is 1.61 bits per heavy atom. The van der Waals surface area contributed by atoms with Crippen LogP contribution in [0, 0.1) is 0 Å². The van der Waals surface area contributed by atoms with Crippen LogP contribution in [-0.4, -0.2) is 67.3 Å². The van der Waals surface area contributed by atoms with Crippen LogP contribution in [-0.2, 0) is 20.7 Å². The first-order valence-electron chi connectivity index (χ1n) is 15.2. The summed E-state index contributed by atoms with van der Waals surface area (Å²) in [6, 6.07) is 27.6. The predicted octanol–water partition coefficient (Wildman–Crippen LogP) is 6.20. The molecule has 224 valence electrons. The molecule has 2 bridgehead atoms. The number of likely N-dealkylation sites (N-methyl/N-ethyl adjacent to an activating group) is 1. The number of epoxide rings is 1. The van der Waals surface area contributed by atoms with Crippen LogP contribution < -0.4 is 10.6 Å². The van der Waals surface area contributed by atoms with Crippen molar-refractivity contribution in [2.24, 2.45) is 0 Å². The smallest absolute Gasteiger partial charge is 0.411 e. The van der Waals surface area contributed by atoms with Crippen LogP contribution in [0.1, 0.15) is 35.2 Å². The minimum atomic E-state index is -0.458. The van der Waals surface area contributed by atoms with E-state index >= 15 is 0 Å². The van der Waals surface area contributed by atoms with Crippen molar-refractivity contribution in [3.63, 3.8) is 0 Å². The topological polar surface area (TPSA) is 97.0 Å². The molecule has 2 amide bonds. The molecule has 7 rings (SSSR count). The second-order valence-corrected chi connectivity index (χ2v) is 12.7. The maximum atomic E-state index is 13.2. The average Bonchev–Trinajstić information content (AvgIpc) is 3.79. The number of nitrogens with one attached hydrogen (secondary N) is 2. The molecule has 5 atom stereocenters. The number of benzene rings is 4. The van der Waals surface area contributed by atoms with E-state index in [4.69, 9.17) is 9.47 Å². The van der Waals surface area contributed by atoms with E-state index in [9.17, 15) is 14.4 Å². The molecule has 3 aliphatic rings. The van der Waals surface area contributed by atoms with Gasteiger partial charge in [-0.25, -0.2) is 4.79 Å². The number of anilines is 2. The van der Waals surface area contributed by atoms with Gasteiger partial charge in [-0.05, 0) is 52.6 Å². The van der Waals surface area contributed by atoms with Gasteiger partial charge in [-0.2, -0.15) is 0 Å². The summed E-state index contributed by atoms with van der Waals surface area (Å²) in [4.78, 5) is 37.1. The summed E-state index contributed by atoms with van der Waals surface area (Å²) in [6.07, 6.45) is 3.20. The van der Waals surface area contributed by atoms with Crippen molar-refractivity contribution in [2.45, 2.75) is 56.1 Å². The molecule has 0 saturated carbocycles. The molecule has 3 saturated heterocycles. The maximum Gasteiger partial charge on any atom is 0.411 e. The van der Waals surface area contributed by atoms with E-state index in [1.807, 2.05) is 78.9 Å². The molecule has 3 fully saturated rings. The number of rotatable bonds is 8. The van der Waals surface area contributed by atoms with Gasteiger partial charge in [0.15, 0.2) is 0 Å². The highest BCUT2D eigenvalue weighted by Crippen LogP contribution is 2.51. The SMILES string of the molecule is C[N+]1(C)[C@@H]2CC(OC(=O)Nc3cc(CCC(=O)Nc4ccc5cc(C=O)ccc5c4)ccc3-c3ccccc3)C[C@H]1[C@@H]1O[C@@H]12. The Bertz CT molecular complexity index is 1730. The quantitative estimate of drug-likeness (QED) is 0.145. The third-order valence-corrected chi connectivity index (χ3v) is 9.64. The highest BCUT2D eigenvalue weighted by Gasteiger charge is 2.70. The number of quaternary nitrogens is 1. The zero-order valence-corrected chi connectivity index (χ0v) is 24.9. The molecule has 0 aliphatic carbocycles. The van der Waals surface area contributed by atoms with Crippen LogP contribution in [0.5, 0.6) is 0 Å². The molecular weight excluding hydrogens is 554 g/mol. The number of carbonyl (C=O) groups is 3. The van der Waals surface area contributed by atoms with E-state index in [2.05, 4.69) is 24.7 Å². The number of aryl methyl sites for hydroxylation is 1. The van der Waals surface area contributed by atoms with Gasteiger partial charge in [-0.1, -0.05) is 60.7 Å². The van der Waals surface area contributed by atoms with E-state index in [0.717, 1.165) is 51.1 Å². The van der Waals surface area contributed by atoms with Crippen LogP contribution in [0.2, 0.25) is 0 Å². The summed E-state index contributed by atoms with van der Waals surface area (Å²) in [5.74, 6) is -0.106. The van der Waals surface area contributed by atoms with Crippen molar-refractivity contribution in [1.82, 2.24) is 0 Å². The molecule has 2 N–H and O–H groups in total. The van der Waals surface area contributed by atoms with E-state index in [0.29, 0.717) is 47.7 Å². The first kappa shape index (κ1) is 28.3. The molecule has 8 nitrogen and oxygen atoms in total. The number of piperidine rings is 1. The number of ether oxygens (including phenoxy) is 2. The zero-order chi connectivity index (χ0) is 30.4. The normalized spacial score (nSPS) is 24.3.